The lowest BCUT2D eigenvalue weighted by molar-refractivity contribution is -0.139. The molecule has 1 aromatic carbocycles. The Morgan fingerprint density at radius 2 is 2.19 bits per heavy atom. The molecule has 1 aliphatic heterocycles. The van der Waals surface area contributed by atoms with E-state index >= 15 is 0 Å². The number of benzene rings is 1. The van der Waals surface area contributed by atoms with Crippen LogP contribution in [-0.2, 0) is 10.9 Å². The maximum atomic E-state index is 13.1. The van der Waals surface area contributed by atoms with Crippen molar-refractivity contribution in [3.05, 3.63) is 28.8 Å². The third kappa shape index (κ3) is 4.02. The van der Waals surface area contributed by atoms with Crippen molar-refractivity contribution in [2.24, 2.45) is 5.92 Å². The first kappa shape index (κ1) is 16.4. The van der Waals surface area contributed by atoms with Crippen molar-refractivity contribution in [2.45, 2.75) is 18.7 Å². The van der Waals surface area contributed by atoms with Gasteiger partial charge in [-0.1, -0.05) is 17.7 Å². The first-order valence-corrected chi connectivity index (χ1v) is 7.03. The van der Waals surface area contributed by atoms with Crippen molar-refractivity contribution in [3.8, 4) is 5.75 Å². The second kappa shape index (κ2) is 6.85. The normalized spacial score (nSPS) is 20.5. The molecule has 21 heavy (non-hydrogen) atoms. The number of rotatable bonds is 5. The summed E-state index contributed by atoms with van der Waals surface area (Å²) in [6, 6.07) is 3.95. The highest BCUT2D eigenvalue weighted by atomic mass is 35.5. The average molecular weight is 324 g/mol. The van der Waals surface area contributed by atoms with Crippen molar-refractivity contribution in [1.82, 2.24) is 5.32 Å². The lowest BCUT2D eigenvalue weighted by Crippen LogP contribution is -2.33. The first-order chi connectivity index (χ1) is 9.93. The molecule has 0 amide bonds. The van der Waals surface area contributed by atoms with E-state index in [1.165, 1.54) is 25.3 Å². The van der Waals surface area contributed by atoms with Gasteiger partial charge in [0.15, 0.2) is 0 Å². The standard InChI is InChI=1S/C14H17ClF3NO2/c1-20-8-12(9-5-6-19-7-9)21-11-4-2-3-10(15)13(11)14(16,17)18/h2-4,9,12,19H,5-8H2,1H3/t9?,12-/m0/s1. The zero-order valence-electron chi connectivity index (χ0n) is 11.5. The molecule has 1 heterocycles. The van der Waals surface area contributed by atoms with E-state index in [4.69, 9.17) is 21.1 Å². The van der Waals surface area contributed by atoms with Gasteiger partial charge >= 0.3 is 6.18 Å². The van der Waals surface area contributed by atoms with E-state index in [1.54, 1.807) is 0 Å². The van der Waals surface area contributed by atoms with E-state index in [9.17, 15) is 13.2 Å². The molecular formula is C14H17ClF3NO2. The Labute approximate surface area is 126 Å². The predicted octanol–water partition coefficient (Wildman–Crippen LogP) is 3.36. The fraction of sp³-hybridized carbons (Fsp3) is 0.571. The molecule has 1 saturated heterocycles. The van der Waals surface area contributed by atoms with Crippen LogP contribution in [0, 0.1) is 5.92 Å². The molecule has 0 saturated carbocycles. The minimum Gasteiger partial charge on any atom is -0.487 e. The van der Waals surface area contributed by atoms with Gasteiger partial charge in [0.2, 0.25) is 0 Å². The molecule has 2 atom stereocenters. The van der Waals surface area contributed by atoms with E-state index in [2.05, 4.69) is 5.32 Å². The van der Waals surface area contributed by atoms with Gasteiger partial charge in [-0.3, -0.25) is 0 Å². The highest BCUT2D eigenvalue weighted by Gasteiger charge is 2.38. The van der Waals surface area contributed by atoms with Gasteiger partial charge in [-0.15, -0.1) is 0 Å². The molecule has 1 N–H and O–H groups in total. The van der Waals surface area contributed by atoms with E-state index in [-0.39, 0.29) is 23.3 Å². The van der Waals surface area contributed by atoms with Gasteiger partial charge in [-0.05, 0) is 25.1 Å². The summed E-state index contributed by atoms with van der Waals surface area (Å²) in [5, 5.41) is 2.81. The Bertz CT molecular complexity index is 476. The van der Waals surface area contributed by atoms with Crippen LogP contribution >= 0.6 is 11.6 Å². The maximum absolute atomic E-state index is 13.1. The maximum Gasteiger partial charge on any atom is 0.421 e. The Balaban J connectivity index is 2.26. The summed E-state index contributed by atoms with van der Waals surface area (Å²) in [5.41, 5.74) is -0.932. The molecule has 0 aromatic heterocycles. The van der Waals surface area contributed by atoms with Gasteiger partial charge in [-0.2, -0.15) is 13.2 Å². The summed E-state index contributed by atoms with van der Waals surface area (Å²) in [5.74, 6) is -0.131. The van der Waals surface area contributed by atoms with Gasteiger partial charge in [0, 0.05) is 19.6 Å². The van der Waals surface area contributed by atoms with Crippen molar-refractivity contribution >= 4 is 11.6 Å². The van der Waals surface area contributed by atoms with E-state index in [0.29, 0.717) is 6.54 Å². The first-order valence-electron chi connectivity index (χ1n) is 6.65. The zero-order chi connectivity index (χ0) is 15.5. The number of halogens is 4. The minimum absolute atomic E-state index is 0.116. The van der Waals surface area contributed by atoms with Gasteiger partial charge in [0.25, 0.3) is 0 Å². The number of methoxy groups -OCH3 is 1. The molecule has 0 aliphatic carbocycles. The van der Waals surface area contributed by atoms with Crippen LogP contribution in [0.5, 0.6) is 5.75 Å². The molecular weight excluding hydrogens is 307 g/mol. The predicted molar refractivity (Wildman–Crippen MR) is 73.7 cm³/mol. The molecule has 0 radical (unpaired) electrons. The van der Waals surface area contributed by atoms with Crippen LogP contribution in [0.15, 0.2) is 18.2 Å². The second-order valence-electron chi connectivity index (χ2n) is 4.98. The summed E-state index contributed by atoms with van der Waals surface area (Å²) in [6.07, 6.45) is -4.15. The fourth-order valence-electron chi connectivity index (χ4n) is 2.47. The summed E-state index contributed by atoms with van der Waals surface area (Å²) >= 11 is 5.69. The lowest BCUT2D eigenvalue weighted by Gasteiger charge is -2.25. The van der Waals surface area contributed by atoms with Gasteiger partial charge in [0.05, 0.1) is 11.6 Å². The largest absolute Gasteiger partial charge is 0.487 e. The zero-order valence-corrected chi connectivity index (χ0v) is 12.3. The van der Waals surface area contributed by atoms with Crippen molar-refractivity contribution in [2.75, 3.05) is 26.8 Å². The Morgan fingerprint density at radius 3 is 2.76 bits per heavy atom. The fourth-order valence-corrected chi connectivity index (χ4v) is 2.74. The van der Waals surface area contributed by atoms with E-state index in [0.717, 1.165) is 13.0 Å². The molecule has 0 spiro atoms. The quantitative estimate of drug-likeness (QED) is 0.901. The number of hydrogen-bond acceptors (Lipinski definition) is 3. The number of alkyl halides is 3. The minimum atomic E-state index is -4.56. The molecule has 1 aromatic rings. The van der Waals surface area contributed by atoms with Crippen LogP contribution < -0.4 is 10.1 Å². The molecule has 2 rings (SSSR count). The summed E-state index contributed by atoms with van der Waals surface area (Å²) in [6.45, 7) is 1.77. The molecule has 3 nitrogen and oxygen atoms in total. The Hall–Kier alpha value is -0.980. The molecule has 118 valence electrons. The summed E-state index contributed by atoms with van der Waals surface area (Å²) < 4.78 is 50.0. The van der Waals surface area contributed by atoms with Crippen molar-refractivity contribution in [1.29, 1.82) is 0 Å². The van der Waals surface area contributed by atoms with E-state index < -0.39 is 17.8 Å². The molecule has 0 bridgehead atoms. The van der Waals surface area contributed by atoms with Crippen LogP contribution in [0.4, 0.5) is 13.2 Å². The summed E-state index contributed by atoms with van der Waals surface area (Å²) in [4.78, 5) is 0. The Morgan fingerprint density at radius 1 is 1.43 bits per heavy atom. The summed E-state index contributed by atoms with van der Waals surface area (Å²) in [7, 11) is 1.50. The molecule has 1 fully saturated rings. The van der Waals surface area contributed by atoms with Crippen LogP contribution in [0.1, 0.15) is 12.0 Å². The number of ether oxygens (including phenoxy) is 2. The van der Waals surface area contributed by atoms with Crippen molar-refractivity contribution in [3.63, 3.8) is 0 Å². The Kier molecular flexibility index (Phi) is 5.35. The SMILES string of the molecule is COC[C@H](Oc1cccc(Cl)c1C(F)(F)F)C1CCNC1. The van der Waals surface area contributed by atoms with Crippen LogP contribution in [-0.4, -0.2) is 32.9 Å². The van der Waals surface area contributed by atoms with Gasteiger partial charge < -0.3 is 14.8 Å². The second-order valence-corrected chi connectivity index (χ2v) is 5.38. The third-order valence-corrected chi connectivity index (χ3v) is 3.81. The average Bonchev–Trinajstić information content (AvgIpc) is 2.90. The highest BCUT2D eigenvalue weighted by molar-refractivity contribution is 6.31. The van der Waals surface area contributed by atoms with Crippen molar-refractivity contribution < 1.29 is 22.6 Å². The topological polar surface area (TPSA) is 30.5 Å². The molecule has 1 aliphatic rings. The smallest absolute Gasteiger partial charge is 0.421 e. The van der Waals surface area contributed by atoms with Crippen LogP contribution in [0.3, 0.4) is 0 Å². The number of hydrogen-bond donors (Lipinski definition) is 1. The lowest BCUT2D eigenvalue weighted by atomic mass is 10.0. The van der Waals surface area contributed by atoms with Crippen LogP contribution in [0.25, 0.3) is 0 Å². The van der Waals surface area contributed by atoms with Gasteiger partial charge in [-0.25, -0.2) is 0 Å². The molecule has 7 heteroatoms. The van der Waals surface area contributed by atoms with Gasteiger partial charge in [0.1, 0.15) is 17.4 Å². The molecule has 1 unspecified atom stereocenters. The monoisotopic (exact) mass is 323 g/mol. The van der Waals surface area contributed by atoms with E-state index in [1.807, 2.05) is 0 Å². The van der Waals surface area contributed by atoms with Crippen LogP contribution in [0.2, 0.25) is 5.02 Å². The third-order valence-electron chi connectivity index (χ3n) is 3.49. The highest BCUT2D eigenvalue weighted by Crippen LogP contribution is 2.41. The number of nitrogens with one attached hydrogen (secondary N) is 1.